The summed E-state index contributed by atoms with van der Waals surface area (Å²) in [4.78, 5) is 25.6. The van der Waals surface area contributed by atoms with Gasteiger partial charge in [0.05, 0.1) is 0 Å². The monoisotopic (exact) mass is 276 g/mol. The zero-order valence-electron chi connectivity index (χ0n) is 11.0. The van der Waals surface area contributed by atoms with Crippen LogP contribution in [0.25, 0.3) is 0 Å². The van der Waals surface area contributed by atoms with Crippen molar-refractivity contribution in [1.29, 1.82) is 0 Å². The number of carbonyl (C=O) groups excluding carboxylic acids is 2. The van der Waals surface area contributed by atoms with Crippen molar-refractivity contribution in [1.82, 2.24) is 5.32 Å². The molecule has 100 valence electrons. The van der Waals surface area contributed by atoms with Crippen molar-refractivity contribution in [2.45, 2.75) is 25.3 Å². The Kier molecular flexibility index (Phi) is 2.82. The van der Waals surface area contributed by atoms with Gasteiger partial charge in [0.15, 0.2) is 0 Å². The Balaban J connectivity index is 1.91. The molecule has 2 heterocycles. The molecule has 0 radical (unpaired) electrons. The molecule has 0 aromatic heterocycles. The van der Waals surface area contributed by atoms with Crippen molar-refractivity contribution in [3.8, 4) is 0 Å². The van der Waals surface area contributed by atoms with Gasteiger partial charge >= 0.3 is 0 Å². The molecule has 1 aromatic carbocycles. The molecular weight excluding hydrogens is 260 g/mol. The van der Waals surface area contributed by atoms with E-state index in [1.54, 1.807) is 0 Å². The van der Waals surface area contributed by atoms with Crippen LogP contribution in [0.5, 0.6) is 0 Å². The zero-order chi connectivity index (χ0) is 13.6. The lowest BCUT2D eigenvalue weighted by Gasteiger charge is -2.23. The van der Waals surface area contributed by atoms with Crippen LogP contribution in [0, 0.1) is 0 Å². The molecule has 1 aromatic rings. The summed E-state index contributed by atoms with van der Waals surface area (Å²) >= 11 is 1.18. The minimum Gasteiger partial charge on any atom is -0.334 e. The van der Waals surface area contributed by atoms with Crippen LogP contribution in [0.15, 0.2) is 24.3 Å². The van der Waals surface area contributed by atoms with Gasteiger partial charge < -0.3 is 10.2 Å². The molecule has 1 saturated heterocycles. The van der Waals surface area contributed by atoms with Gasteiger partial charge in [-0.1, -0.05) is 43.8 Å². The molecule has 19 heavy (non-hydrogen) atoms. The second-order valence-electron chi connectivity index (χ2n) is 5.62. The summed E-state index contributed by atoms with van der Waals surface area (Å²) in [5, 5.41) is 2.62. The Morgan fingerprint density at radius 3 is 2.84 bits per heavy atom. The summed E-state index contributed by atoms with van der Waals surface area (Å²) in [5.41, 5.74) is 2.13. The number of nitrogens with zero attached hydrogens (tertiary/aromatic N) is 1. The van der Waals surface area contributed by atoms with Crippen molar-refractivity contribution in [2.24, 2.45) is 0 Å². The molecule has 0 spiro atoms. The number of anilines is 1. The molecule has 2 amide bonds. The first-order valence-corrected chi connectivity index (χ1v) is 7.32. The summed E-state index contributed by atoms with van der Waals surface area (Å²) < 4.78 is 0. The number of nitrogens with one attached hydrogen (secondary N) is 1. The molecule has 0 bridgehead atoms. The van der Waals surface area contributed by atoms with Crippen molar-refractivity contribution in [3.63, 3.8) is 0 Å². The number of carbonyl (C=O) groups is 2. The number of fused-ring (bicyclic) bond motifs is 1. The van der Waals surface area contributed by atoms with Gasteiger partial charge in [0, 0.05) is 23.4 Å². The van der Waals surface area contributed by atoms with Crippen molar-refractivity contribution < 1.29 is 9.59 Å². The first-order valence-electron chi connectivity index (χ1n) is 6.33. The van der Waals surface area contributed by atoms with Gasteiger partial charge in [0.25, 0.3) is 5.24 Å². The molecule has 1 N–H and O–H groups in total. The highest BCUT2D eigenvalue weighted by atomic mass is 32.2. The maximum absolute atomic E-state index is 12.5. The first kappa shape index (κ1) is 12.5. The molecule has 1 unspecified atom stereocenters. The molecular formula is C14H16N2O2S. The third kappa shape index (κ3) is 2.02. The number of hydrogen-bond acceptors (Lipinski definition) is 3. The lowest BCUT2D eigenvalue weighted by Crippen LogP contribution is -2.46. The van der Waals surface area contributed by atoms with E-state index in [0.29, 0.717) is 12.3 Å². The van der Waals surface area contributed by atoms with Crippen LogP contribution in [0.4, 0.5) is 10.5 Å². The molecule has 4 nitrogen and oxygen atoms in total. The smallest absolute Gasteiger partial charge is 0.279 e. The van der Waals surface area contributed by atoms with E-state index in [-0.39, 0.29) is 22.6 Å². The summed E-state index contributed by atoms with van der Waals surface area (Å²) in [6.45, 7) is 4.95. The van der Waals surface area contributed by atoms with Crippen molar-refractivity contribution in [2.75, 3.05) is 17.2 Å². The maximum Gasteiger partial charge on any atom is 0.279 e. The van der Waals surface area contributed by atoms with Gasteiger partial charge in [-0.2, -0.15) is 0 Å². The molecule has 3 rings (SSSR count). The van der Waals surface area contributed by atoms with Crippen molar-refractivity contribution in [3.05, 3.63) is 29.8 Å². The predicted molar refractivity (Wildman–Crippen MR) is 76.6 cm³/mol. The van der Waals surface area contributed by atoms with E-state index in [9.17, 15) is 9.59 Å². The maximum atomic E-state index is 12.5. The van der Waals surface area contributed by atoms with E-state index < -0.39 is 0 Å². The van der Waals surface area contributed by atoms with Crippen molar-refractivity contribution >= 4 is 28.6 Å². The second-order valence-corrected chi connectivity index (χ2v) is 6.61. The lowest BCUT2D eigenvalue weighted by atomic mass is 9.87. The van der Waals surface area contributed by atoms with Gasteiger partial charge in [0.1, 0.15) is 6.04 Å². The average molecular weight is 276 g/mol. The molecule has 1 atom stereocenters. The van der Waals surface area contributed by atoms with E-state index in [1.165, 1.54) is 17.3 Å². The average Bonchev–Trinajstić information content (AvgIpc) is 2.92. The molecule has 1 fully saturated rings. The molecule has 2 aliphatic rings. The fourth-order valence-electron chi connectivity index (χ4n) is 2.75. The third-order valence-electron chi connectivity index (χ3n) is 3.71. The van der Waals surface area contributed by atoms with Gasteiger partial charge in [-0.3, -0.25) is 9.59 Å². The van der Waals surface area contributed by atoms with Crippen LogP contribution in [-0.2, 0) is 10.2 Å². The highest BCUT2D eigenvalue weighted by molar-refractivity contribution is 8.14. The quantitative estimate of drug-likeness (QED) is 0.855. The predicted octanol–water partition coefficient (Wildman–Crippen LogP) is 2.14. The fraction of sp³-hybridized carbons (Fsp3) is 0.429. The normalized spacial score (nSPS) is 24.2. The Hall–Kier alpha value is -1.49. The van der Waals surface area contributed by atoms with Crippen LogP contribution in [0.3, 0.4) is 0 Å². The van der Waals surface area contributed by atoms with E-state index >= 15 is 0 Å². The van der Waals surface area contributed by atoms with Gasteiger partial charge in [-0.15, -0.1) is 0 Å². The Morgan fingerprint density at radius 1 is 1.42 bits per heavy atom. The van der Waals surface area contributed by atoms with Crippen LogP contribution >= 0.6 is 11.8 Å². The Bertz CT molecular complexity index is 556. The van der Waals surface area contributed by atoms with Crippen LogP contribution in [0.1, 0.15) is 19.4 Å². The third-order valence-corrected chi connectivity index (χ3v) is 4.59. The molecule has 5 heteroatoms. The second kappa shape index (κ2) is 4.27. The number of hydrogen-bond donors (Lipinski definition) is 1. The van der Waals surface area contributed by atoms with Gasteiger partial charge in [-0.05, 0) is 11.6 Å². The number of thioether (sulfide) groups is 1. The highest BCUT2D eigenvalue weighted by Crippen LogP contribution is 2.40. The number of rotatable bonds is 1. The Morgan fingerprint density at radius 2 is 2.16 bits per heavy atom. The van der Waals surface area contributed by atoms with E-state index in [1.807, 2.05) is 23.1 Å². The number of para-hydroxylation sites is 1. The van der Waals surface area contributed by atoms with E-state index in [2.05, 4.69) is 25.2 Å². The summed E-state index contributed by atoms with van der Waals surface area (Å²) in [5.74, 6) is 0.521. The van der Waals surface area contributed by atoms with Crippen LogP contribution < -0.4 is 10.2 Å². The van der Waals surface area contributed by atoms with Crippen LogP contribution in [0.2, 0.25) is 0 Å². The summed E-state index contributed by atoms with van der Waals surface area (Å²) in [6.07, 6.45) is 0. The number of benzene rings is 1. The van der Waals surface area contributed by atoms with E-state index in [4.69, 9.17) is 0 Å². The molecule has 0 aliphatic carbocycles. The molecule has 0 saturated carbocycles. The summed E-state index contributed by atoms with van der Waals surface area (Å²) in [6, 6.07) is 7.61. The lowest BCUT2D eigenvalue weighted by molar-refractivity contribution is -0.119. The van der Waals surface area contributed by atoms with Gasteiger partial charge in [-0.25, -0.2) is 0 Å². The molecule has 2 aliphatic heterocycles. The Labute approximate surface area is 116 Å². The zero-order valence-corrected chi connectivity index (χ0v) is 11.8. The standard InChI is InChI=1S/C14H16N2O2S/c1-14(2)8-16(11-6-4-3-5-9(11)14)12(17)10-7-19-13(18)15-10/h3-6,10H,7-8H2,1-2H3,(H,15,18). The fourth-order valence-corrected chi connectivity index (χ4v) is 3.52. The SMILES string of the molecule is CC1(C)CN(C(=O)C2CSC(=O)N2)c2ccccc21. The topological polar surface area (TPSA) is 49.4 Å². The minimum atomic E-state index is -0.389. The minimum absolute atomic E-state index is 0.00336. The van der Waals surface area contributed by atoms with Gasteiger partial charge in [0.2, 0.25) is 5.91 Å². The van der Waals surface area contributed by atoms with E-state index in [0.717, 1.165) is 5.69 Å². The number of amides is 2. The first-order chi connectivity index (χ1) is 8.99. The largest absolute Gasteiger partial charge is 0.334 e. The van der Waals surface area contributed by atoms with Crippen LogP contribution in [-0.4, -0.2) is 29.5 Å². The highest BCUT2D eigenvalue weighted by Gasteiger charge is 2.41. The summed E-state index contributed by atoms with van der Waals surface area (Å²) in [7, 11) is 0.